The Morgan fingerprint density at radius 3 is 1.64 bits per heavy atom. The van der Waals surface area contributed by atoms with Crippen LogP contribution in [0.5, 0.6) is 0 Å². The molecule has 0 aromatic rings. The van der Waals surface area contributed by atoms with Crippen molar-refractivity contribution in [3.8, 4) is 0 Å². The van der Waals surface area contributed by atoms with E-state index in [0.717, 1.165) is 13.1 Å². The van der Waals surface area contributed by atoms with Gasteiger partial charge < -0.3 is 9.13 Å². The van der Waals surface area contributed by atoms with Crippen LogP contribution in [0.4, 0.5) is 0 Å². The van der Waals surface area contributed by atoms with Crippen LogP contribution in [-0.2, 0) is 0 Å². The predicted molar refractivity (Wildman–Crippen MR) is 54.1 cm³/mol. The molecule has 4 heteroatoms. The van der Waals surface area contributed by atoms with Gasteiger partial charge in [0.15, 0.2) is 0 Å². The summed E-state index contributed by atoms with van der Waals surface area (Å²) in [5, 5.41) is 0. The van der Waals surface area contributed by atoms with E-state index < -0.39 is 7.71 Å². The lowest BCUT2D eigenvalue weighted by Crippen LogP contribution is -2.56. The van der Waals surface area contributed by atoms with E-state index in [0.29, 0.717) is 0 Å². The zero-order chi connectivity index (χ0) is 9.07. The van der Waals surface area contributed by atoms with Crippen LogP contribution >= 0.6 is 11.1 Å². The number of rotatable bonds is 4. The second kappa shape index (κ2) is 4.45. The summed E-state index contributed by atoms with van der Waals surface area (Å²) in [4.78, 5) is 0. The molecular formula is C7H19ClN2Si. The van der Waals surface area contributed by atoms with Crippen molar-refractivity contribution in [2.45, 2.75) is 20.4 Å². The second-order valence-electron chi connectivity index (χ2n) is 2.97. The highest BCUT2D eigenvalue weighted by molar-refractivity contribution is 7.16. The summed E-state index contributed by atoms with van der Waals surface area (Å²) >= 11 is 6.43. The summed E-state index contributed by atoms with van der Waals surface area (Å²) in [5.74, 6) is 0. The molecule has 1 unspecified atom stereocenters. The zero-order valence-corrected chi connectivity index (χ0v) is 9.94. The Balaban J connectivity index is 4.24. The van der Waals surface area contributed by atoms with Gasteiger partial charge in [-0.1, -0.05) is 13.8 Å². The lowest BCUT2D eigenvalue weighted by molar-refractivity contribution is 0.420. The number of hydrogen-bond donors (Lipinski definition) is 0. The summed E-state index contributed by atoms with van der Waals surface area (Å²) in [5.41, 5.74) is 0. The Labute approximate surface area is 76.0 Å². The largest absolute Gasteiger partial charge is 0.305 e. The van der Waals surface area contributed by atoms with Crippen molar-refractivity contribution >= 4 is 18.8 Å². The first-order valence-corrected chi connectivity index (χ1v) is 7.48. The Morgan fingerprint density at radius 1 is 1.18 bits per heavy atom. The molecule has 0 saturated carbocycles. The Morgan fingerprint density at radius 2 is 1.55 bits per heavy atom. The maximum absolute atomic E-state index is 6.43. The topological polar surface area (TPSA) is 6.48 Å². The molecule has 1 atom stereocenters. The molecule has 0 aromatic heterocycles. The van der Waals surface area contributed by atoms with Gasteiger partial charge in [-0.3, -0.25) is 0 Å². The fourth-order valence-electron chi connectivity index (χ4n) is 1.08. The van der Waals surface area contributed by atoms with Crippen molar-refractivity contribution in [1.82, 2.24) is 9.13 Å². The second-order valence-corrected chi connectivity index (χ2v) is 8.46. The molecule has 0 N–H and O–H groups in total. The zero-order valence-electron chi connectivity index (χ0n) is 8.19. The SMILES string of the molecule is CCN(CC)[Si](C)(Cl)N(C)C. The lowest BCUT2D eigenvalue weighted by atomic mass is 10.7. The first-order valence-electron chi connectivity index (χ1n) is 4.08. The molecule has 0 aliphatic rings. The van der Waals surface area contributed by atoms with E-state index >= 15 is 0 Å². The van der Waals surface area contributed by atoms with Gasteiger partial charge in [0.1, 0.15) is 0 Å². The molecule has 0 radical (unpaired) electrons. The highest BCUT2D eigenvalue weighted by atomic mass is 35.6. The molecule has 2 nitrogen and oxygen atoms in total. The van der Waals surface area contributed by atoms with Gasteiger partial charge in [-0.25, -0.2) is 0 Å². The Bertz CT molecular complexity index is 113. The molecule has 0 heterocycles. The first kappa shape index (κ1) is 11.4. The number of halogens is 1. The van der Waals surface area contributed by atoms with Gasteiger partial charge in [-0.05, 0) is 33.7 Å². The molecule has 0 aromatic carbocycles. The minimum absolute atomic E-state index is 1.04. The third-order valence-electron chi connectivity index (χ3n) is 2.16. The first-order chi connectivity index (χ1) is 4.96. The van der Waals surface area contributed by atoms with Gasteiger partial charge in [-0.15, -0.1) is 11.1 Å². The van der Waals surface area contributed by atoms with E-state index in [2.05, 4.69) is 43.6 Å². The predicted octanol–water partition coefficient (Wildman–Crippen LogP) is 1.70. The average molecular weight is 195 g/mol. The van der Waals surface area contributed by atoms with Crippen LogP contribution in [0.1, 0.15) is 13.8 Å². The quantitative estimate of drug-likeness (QED) is 0.497. The summed E-state index contributed by atoms with van der Waals surface area (Å²) in [6.45, 7) is 8.55. The molecule has 0 bridgehead atoms. The van der Waals surface area contributed by atoms with E-state index in [9.17, 15) is 0 Å². The molecule has 0 fully saturated rings. The van der Waals surface area contributed by atoms with E-state index in [-0.39, 0.29) is 0 Å². The van der Waals surface area contributed by atoms with E-state index in [4.69, 9.17) is 11.1 Å². The smallest absolute Gasteiger partial charge is 0.304 e. The van der Waals surface area contributed by atoms with Gasteiger partial charge in [0.05, 0.1) is 0 Å². The fraction of sp³-hybridized carbons (Fsp3) is 1.00. The third-order valence-corrected chi connectivity index (χ3v) is 7.31. The standard InChI is InChI=1S/C7H19ClN2Si/c1-6-10(7-2)11(5,8)9(3)4/h6-7H2,1-5H3. The maximum atomic E-state index is 6.43. The van der Waals surface area contributed by atoms with E-state index in [1.165, 1.54) is 0 Å². The normalized spacial score (nSPS) is 17.5. The number of nitrogens with zero attached hydrogens (tertiary/aromatic N) is 2. The summed E-state index contributed by atoms with van der Waals surface area (Å²) in [6.07, 6.45) is 0. The molecule has 0 aliphatic heterocycles. The Hall–Kier alpha value is 0.427. The van der Waals surface area contributed by atoms with Crippen molar-refractivity contribution in [2.24, 2.45) is 0 Å². The van der Waals surface area contributed by atoms with Crippen LogP contribution in [0.15, 0.2) is 0 Å². The highest BCUT2D eigenvalue weighted by Crippen LogP contribution is 2.16. The monoisotopic (exact) mass is 194 g/mol. The summed E-state index contributed by atoms with van der Waals surface area (Å²) in [6, 6.07) is 0. The Kier molecular flexibility index (Phi) is 4.62. The van der Waals surface area contributed by atoms with Crippen molar-refractivity contribution in [1.29, 1.82) is 0 Å². The van der Waals surface area contributed by atoms with Gasteiger partial charge in [0.2, 0.25) is 0 Å². The molecule has 0 aliphatic carbocycles. The number of hydrogen-bond acceptors (Lipinski definition) is 2. The molecule has 0 amide bonds. The third kappa shape index (κ3) is 2.74. The van der Waals surface area contributed by atoms with Crippen LogP contribution in [0.2, 0.25) is 6.55 Å². The molecule has 0 saturated heterocycles. The maximum Gasteiger partial charge on any atom is 0.304 e. The van der Waals surface area contributed by atoms with Gasteiger partial charge in [0.25, 0.3) is 0 Å². The van der Waals surface area contributed by atoms with Crippen LogP contribution in [0.25, 0.3) is 0 Å². The van der Waals surface area contributed by atoms with Gasteiger partial charge >= 0.3 is 7.71 Å². The summed E-state index contributed by atoms with van der Waals surface area (Å²) in [7, 11) is 2.34. The van der Waals surface area contributed by atoms with Crippen LogP contribution in [0.3, 0.4) is 0 Å². The lowest BCUT2D eigenvalue weighted by Gasteiger charge is -2.37. The minimum atomic E-state index is -1.77. The molecule has 68 valence electrons. The summed E-state index contributed by atoms with van der Waals surface area (Å²) < 4.78 is 4.50. The molecule has 0 spiro atoms. The van der Waals surface area contributed by atoms with Crippen LogP contribution < -0.4 is 0 Å². The van der Waals surface area contributed by atoms with Crippen LogP contribution in [0, 0.1) is 0 Å². The van der Waals surface area contributed by atoms with Gasteiger partial charge in [0, 0.05) is 0 Å². The van der Waals surface area contributed by atoms with Crippen molar-refractivity contribution in [3.63, 3.8) is 0 Å². The molecule has 11 heavy (non-hydrogen) atoms. The van der Waals surface area contributed by atoms with E-state index in [1.807, 2.05) is 0 Å². The average Bonchev–Trinajstić information content (AvgIpc) is 1.89. The molecule has 0 rings (SSSR count). The highest BCUT2D eigenvalue weighted by Gasteiger charge is 2.33. The van der Waals surface area contributed by atoms with Gasteiger partial charge in [-0.2, -0.15) is 0 Å². The van der Waals surface area contributed by atoms with Crippen LogP contribution in [-0.4, -0.2) is 44.0 Å². The van der Waals surface area contributed by atoms with Crippen molar-refractivity contribution in [2.75, 3.05) is 27.2 Å². The van der Waals surface area contributed by atoms with Crippen molar-refractivity contribution in [3.05, 3.63) is 0 Å². The minimum Gasteiger partial charge on any atom is -0.305 e. The van der Waals surface area contributed by atoms with E-state index in [1.54, 1.807) is 0 Å². The fourth-order valence-corrected chi connectivity index (χ4v) is 3.52. The molecular weight excluding hydrogens is 176 g/mol. The van der Waals surface area contributed by atoms with Crippen molar-refractivity contribution < 1.29 is 0 Å².